The molecule has 2 aromatic rings. The van der Waals surface area contributed by atoms with Gasteiger partial charge in [-0.05, 0) is 47.1 Å². The highest BCUT2D eigenvalue weighted by Crippen LogP contribution is 2.22. The van der Waals surface area contributed by atoms with Crippen LogP contribution in [0.2, 0.25) is 0 Å². The third-order valence-electron chi connectivity index (χ3n) is 2.41. The van der Waals surface area contributed by atoms with Crippen LogP contribution < -0.4 is 5.32 Å². The van der Waals surface area contributed by atoms with Gasteiger partial charge in [0, 0.05) is 17.5 Å². The van der Waals surface area contributed by atoms with Gasteiger partial charge in [-0.3, -0.25) is 4.98 Å². The number of hydrogen-bond donors (Lipinski definition) is 1. The largest absolute Gasteiger partial charge is 0.304 e. The van der Waals surface area contributed by atoms with E-state index >= 15 is 0 Å². The molecule has 0 radical (unpaired) electrons. The van der Waals surface area contributed by atoms with E-state index in [0.29, 0.717) is 0 Å². The maximum absolute atomic E-state index is 12.7. The molecule has 0 fully saturated rings. The van der Waals surface area contributed by atoms with Gasteiger partial charge in [0.05, 0.1) is 15.7 Å². The molecule has 5 heteroatoms. The number of thiophene rings is 1. The normalized spacial score (nSPS) is 12.6. The summed E-state index contributed by atoms with van der Waals surface area (Å²) in [6, 6.07) is 7.35. The van der Waals surface area contributed by atoms with Crippen molar-refractivity contribution in [2.24, 2.45) is 0 Å². The lowest BCUT2D eigenvalue weighted by Crippen LogP contribution is -2.18. The molecule has 2 rings (SSSR count). The van der Waals surface area contributed by atoms with E-state index in [2.05, 4.69) is 32.3 Å². The van der Waals surface area contributed by atoms with E-state index in [9.17, 15) is 4.39 Å². The Morgan fingerprint density at radius 3 is 2.82 bits per heavy atom. The zero-order valence-electron chi connectivity index (χ0n) is 9.28. The third kappa shape index (κ3) is 3.59. The van der Waals surface area contributed by atoms with E-state index in [4.69, 9.17) is 0 Å². The number of hydrogen-bond acceptors (Lipinski definition) is 3. The van der Waals surface area contributed by atoms with Crippen LogP contribution in [0.25, 0.3) is 0 Å². The molecule has 1 atom stereocenters. The Labute approximate surface area is 112 Å². The summed E-state index contributed by atoms with van der Waals surface area (Å²) >= 11 is 5.13. The number of nitrogens with one attached hydrogen (secondary N) is 1. The van der Waals surface area contributed by atoms with Crippen LogP contribution in [0, 0.1) is 5.82 Å². The van der Waals surface area contributed by atoms with Crippen LogP contribution in [0.1, 0.15) is 23.5 Å². The molecule has 0 amide bonds. The van der Waals surface area contributed by atoms with Gasteiger partial charge in [0.15, 0.2) is 0 Å². The van der Waals surface area contributed by atoms with Crippen LogP contribution in [0.4, 0.5) is 4.39 Å². The fourth-order valence-corrected chi connectivity index (χ4v) is 2.88. The second kappa shape index (κ2) is 5.71. The standard InChI is InChI=1S/C12H12BrFN2S/c1-8(11-4-2-9(14)6-16-11)15-7-10-3-5-12(13)17-10/h2-6,8,15H,7H2,1H3. The average Bonchev–Trinajstić information content (AvgIpc) is 2.73. The van der Waals surface area contributed by atoms with E-state index in [1.807, 2.05) is 13.0 Å². The van der Waals surface area contributed by atoms with Gasteiger partial charge in [0.1, 0.15) is 5.82 Å². The van der Waals surface area contributed by atoms with Gasteiger partial charge in [-0.15, -0.1) is 11.3 Å². The van der Waals surface area contributed by atoms with E-state index in [1.54, 1.807) is 17.4 Å². The highest BCUT2D eigenvalue weighted by molar-refractivity contribution is 9.11. The Bertz CT molecular complexity index is 484. The van der Waals surface area contributed by atoms with Crippen LogP contribution >= 0.6 is 27.3 Å². The molecule has 0 saturated heterocycles. The minimum absolute atomic E-state index is 0.108. The van der Waals surface area contributed by atoms with Crippen molar-refractivity contribution in [1.82, 2.24) is 10.3 Å². The zero-order valence-corrected chi connectivity index (χ0v) is 11.7. The number of rotatable bonds is 4. The lowest BCUT2D eigenvalue weighted by molar-refractivity contribution is 0.558. The van der Waals surface area contributed by atoms with Gasteiger partial charge in [-0.1, -0.05) is 0 Å². The summed E-state index contributed by atoms with van der Waals surface area (Å²) < 4.78 is 13.8. The topological polar surface area (TPSA) is 24.9 Å². The van der Waals surface area contributed by atoms with Crippen molar-refractivity contribution in [2.75, 3.05) is 0 Å². The van der Waals surface area contributed by atoms with Crippen LogP contribution in [-0.2, 0) is 6.54 Å². The SMILES string of the molecule is CC(NCc1ccc(Br)s1)c1ccc(F)cn1. The summed E-state index contributed by atoms with van der Waals surface area (Å²) in [5, 5.41) is 3.35. The predicted molar refractivity (Wildman–Crippen MR) is 71.5 cm³/mol. The van der Waals surface area contributed by atoms with Crippen LogP contribution in [0.5, 0.6) is 0 Å². The van der Waals surface area contributed by atoms with Crippen molar-refractivity contribution < 1.29 is 4.39 Å². The summed E-state index contributed by atoms with van der Waals surface area (Å²) in [6.07, 6.45) is 1.25. The van der Waals surface area contributed by atoms with E-state index in [1.165, 1.54) is 17.1 Å². The summed E-state index contributed by atoms with van der Waals surface area (Å²) in [4.78, 5) is 5.31. The summed E-state index contributed by atoms with van der Waals surface area (Å²) in [6.45, 7) is 2.80. The fraction of sp³-hybridized carbons (Fsp3) is 0.250. The van der Waals surface area contributed by atoms with Gasteiger partial charge in [0.25, 0.3) is 0 Å². The molecule has 1 N–H and O–H groups in total. The molecule has 0 bridgehead atoms. The molecule has 90 valence electrons. The molecule has 0 saturated carbocycles. The zero-order chi connectivity index (χ0) is 12.3. The van der Waals surface area contributed by atoms with E-state index < -0.39 is 0 Å². The lowest BCUT2D eigenvalue weighted by Gasteiger charge is -2.12. The van der Waals surface area contributed by atoms with Gasteiger partial charge >= 0.3 is 0 Å². The molecule has 2 aromatic heterocycles. The van der Waals surface area contributed by atoms with E-state index in [-0.39, 0.29) is 11.9 Å². The first kappa shape index (κ1) is 12.7. The lowest BCUT2D eigenvalue weighted by atomic mass is 10.2. The molecular weight excluding hydrogens is 303 g/mol. The Hall–Kier alpha value is -0.780. The smallest absolute Gasteiger partial charge is 0.141 e. The monoisotopic (exact) mass is 314 g/mol. The maximum Gasteiger partial charge on any atom is 0.141 e. The Morgan fingerprint density at radius 1 is 1.41 bits per heavy atom. The number of aromatic nitrogens is 1. The summed E-state index contributed by atoms with van der Waals surface area (Å²) in [5.74, 6) is -0.303. The maximum atomic E-state index is 12.7. The molecule has 1 unspecified atom stereocenters. The second-order valence-corrected chi connectivity index (χ2v) is 6.26. The molecule has 0 aliphatic heterocycles. The van der Waals surface area contributed by atoms with Crippen LogP contribution in [-0.4, -0.2) is 4.98 Å². The van der Waals surface area contributed by atoms with Gasteiger partial charge < -0.3 is 5.32 Å². The summed E-state index contributed by atoms with van der Waals surface area (Å²) in [7, 11) is 0. The average molecular weight is 315 g/mol. The molecule has 2 nitrogen and oxygen atoms in total. The van der Waals surface area contributed by atoms with E-state index in [0.717, 1.165) is 16.0 Å². The highest BCUT2D eigenvalue weighted by Gasteiger charge is 2.07. The van der Waals surface area contributed by atoms with Crippen molar-refractivity contribution >= 4 is 27.3 Å². The third-order valence-corrected chi connectivity index (χ3v) is 4.03. The summed E-state index contributed by atoms with van der Waals surface area (Å²) in [5.41, 5.74) is 0.849. The van der Waals surface area contributed by atoms with Crippen LogP contribution in [0.15, 0.2) is 34.2 Å². The fourth-order valence-electron chi connectivity index (χ4n) is 1.45. The van der Waals surface area contributed by atoms with Crippen molar-refractivity contribution in [1.29, 1.82) is 0 Å². The van der Waals surface area contributed by atoms with Gasteiger partial charge in [0.2, 0.25) is 0 Å². The highest BCUT2D eigenvalue weighted by atomic mass is 79.9. The van der Waals surface area contributed by atoms with Crippen molar-refractivity contribution in [3.8, 4) is 0 Å². The minimum atomic E-state index is -0.303. The first-order valence-electron chi connectivity index (χ1n) is 5.24. The first-order valence-corrected chi connectivity index (χ1v) is 6.85. The minimum Gasteiger partial charge on any atom is -0.304 e. The molecule has 0 aromatic carbocycles. The molecule has 0 spiro atoms. The molecule has 0 aliphatic rings. The molecular formula is C12H12BrFN2S. The van der Waals surface area contributed by atoms with Crippen LogP contribution in [0.3, 0.4) is 0 Å². The second-order valence-electron chi connectivity index (χ2n) is 3.71. The first-order chi connectivity index (χ1) is 8.15. The Morgan fingerprint density at radius 2 is 2.24 bits per heavy atom. The van der Waals surface area contributed by atoms with Gasteiger partial charge in [-0.2, -0.15) is 0 Å². The van der Waals surface area contributed by atoms with Crippen molar-refractivity contribution in [3.63, 3.8) is 0 Å². The Kier molecular flexibility index (Phi) is 4.25. The number of pyridine rings is 1. The van der Waals surface area contributed by atoms with Gasteiger partial charge in [-0.25, -0.2) is 4.39 Å². The molecule has 2 heterocycles. The molecule has 0 aliphatic carbocycles. The number of nitrogens with zero attached hydrogens (tertiary/aromatic N) is 1. The van der Waals surface area contributed by atoms with Crippen molar-refractivity contribution in [2.45, 2.75) is 19.5 Å². The Balaban J connectivity index is 1.93. The van der Waals surface area contributed by atoms with Crippen molar-refractivity contribution in [3.05, 3.63) is 50.6 Å². The predicted octanol–water partition coefficient (Wildman–Crippen LogP) is 3.90. The quantitative estimate of drug-likeness (QED) is 0.926. The number of halogens is 2. The molecule has 17 heavy (non-hydrogen) atoms.